The lowest BCUT2D eigenvalue weighted by molar-refractivity contribution is -0.162. The lowest BCUT2D eigenvalue weighted by Gasteiger charge is -2.49. The Morgan fingerprint density at radius 1 is 1.14 bits per heavy atom. The van der Waals surface area contributed by atoms with Crippen LogP contribution in [0.25, 0.3) is 0 Å². The highest BCUT2D eigenvalue weighted by molar-refractivity contribution is 6.01. The molecule has 0 bridgehead atoms. The molecule has 1 N–H and O–H groups in total. The molecule has 1 aliphatic rings. The average molecular weight is 289 g/mol. The highest BCUT2D eigenvalue weighted by Gasteiger charge is 2.52. The zero-order valence-corrected chi connectivity index (χ0v) is 13.1. The first-order valence-corrected chi connectivity index (χ1v) is 7.41. The molecule has 0 unspecified atom stereocenters. The van der Waals surface area contributed by atoms with Gasteiger partial charge in [-0.2, -0.15) is 0 Å². The summed E-state index contributed by atoms with van der Waals surface area (Å²) in [4.78, 5) is 31.1. The van der Waals surface area contributed by atoms with Gasteiger partial charge in [0, 0.05) is 18.9 Å². The molecule has 1 saturated heterocycles. The van der Waals surface area contributed by atoms with Crippen molar-refractivity contribution in [2.45, 2.75) is 58.2 Å². The summed E-state index contributed by atoms with van der Waals surface area (Å²) < 4.78 is 0. The summed E-state index contributed by atoms with van der Waals surface area (Å²) in [5.41, 5.74) is -0.657. The van der Waals surface area contributed by atoms with Gasteiger partial charge in [0.25, 0.3) is 0 Å². The Labute approximate surface area is 125 Å². The second-order valence-electron chi connectivity index (χ2n) is 6.05. The minimum Gasteiger partial charge on any atom is -0.340 e. The van der Waals surface area contributed by atoms with E-state index in [9.17, 15) is 9.59 Å². The van der Waals surface area contributed by atoms with E-state index in [-0.39, 0.29) is 11.8 Å². The molecule has 5 nitrogen and oxygen atoms in total. The molecule has 1 aliphatic heterocycles. The number of nitrogens with zero attached hydrogens (tertiary/aromatic N) is 2. The molecule has 1 fully saturated rings. The zero-order chi connectivity index (χ0) is 15.7. The monoisotopic (exact) mass is 289 g/mol. The molecule has 0 radical (unpaired) electrons. The SMILES string of the molecule is CCC1(CC)NC(=O)C(C)(C)N(Cc2ccncc2)C1=O. The van der Waals surface area contributed by atoms with E-state index in [0.717, 1.165) is 5.56 Å². The van der Waals surface area contributed by atoms with Gasteiger partial charge in [-0.3, -0.25) is 14.6 Å². The van der Waals surface area contributed by atoms with Crippen LogP contribution in [-0.2, 0) is 16.1 Å². The fourth-order valence-corrected chi connectivity index (χ4v) is 2.73. The van der Waals surface area contributed by atoms with Crippen molar-refractivity contribution in [1.82, 2.24) is 15.2 Å². The first-order valence-electron chi connectivity index (χ1n) is 7.41. The van der Waals surface area contributed by atoms with Gasteiger partial charge in [-0.25, -0.2) is 0 Å². The molecule has 1 aromatic rings. The maximum absolute atomic E-state index is 13.0. The summed E-state index contributed by atoms with van der Waals surface area (Å²) in [5.74, 6) is -0.103. The number of carbonyl (C=O) groups is 2. The van der Waals surface area contributed by atoms with Gasteiger partial charge < -0.3 is 10.2 Å². The van der Waals surface area contributed by atoms with Crippen molar-refractivity contribution in [2.24, 2.45) is 0 Å². The van der Waals surface area contributed by atoms with Gasteiger partial charge in [-0.1, -0.05) is 13.8 Å². The molecule has 2 amide bonds. The third-order valence-electron chi connectivity index (χ3n) is 4.53. The van der Waals surface area contributed by atoms with E-state index in [1.807, 2.05) is 26.0 Å². The van der Waals surface area contributed by atoms with Gasteiger partial charge in [0.1, 0.15) is 11.1 Å². The molecule has 5 heteroatoms. The molecule has 114 valence electrons. The van der Waals surface area contributed by atoms with Crippen LogP contribution in [0.2, 0.25) is 0 Å². The third-order valence-corrected chi connectivity index (χ3v) is 4.53. The summed E-state index contributed by atoms with van der Waals surface area (Å²) in [6.45, 7) is 7.87. The first-order chi connectivity index (χ1) is 9.87. The molecule has 2 rings (SSSR count). The maximum atomic E-state index is 13.0. The van der Waals surface area contributed by atoms with Crippen molar-refractivity contribution in [2.75, 3.05) is 0 Å². The van der Waals surface area contributed by atoms with Crippen molar-refractivity contribution in [3.05, 3.63) is 30.1 Å². The standard InChI is InChI=1S/C16H23N3O2/c1-5-16(6-2)14(21)19(15(3,4)13(20)18-16)11-12-7-9-17-10-8-12/h7-10H,5-6,11H2,1-4H3,(H,18,20). The van der Waals surface area contributed by atoms with Crippen molar-refractivity contribution in [1.29, 1.82) is 0 Å². The quantitative estimate of drug-likeness (QED) is 0.920. The van der Waals surface area contributed by atoms with Gasteiger partial charge in [0.15, 0.2) is 0 Å². The summed E-state index contributed by atoms with van der Waals surface area (Å²) in [6, 6.07) is 3.74. The number of hydrogen-bond acceptors (Lipinski definition) is 3. The molecule has 0 saturated carbocycles. The van der Waals surface area contributed by atoms with E-state index in [2.05, 4.69) is 10.3 Å². The van der Waals surface area contributed by atoms with Crippen LogP contribution in [0.5, 0.6) is 0 Å². The lowest BCUT2D eigenvalue weighted by atomic mass is 9.83. The van der Waals surface area contributed by atoms with E-state index in [1.54, 1.807) is 31.1 Å². The van der Waals surface area contributed by atoms with Crippen LogP contribution in [-0.4, -0.2) is 32.8 Å². The van der Waals surface area contributed by atoms with Crippen molar-refractivity contribution in [3.8, 4) is 0 Å². The minimum atomic E-state index is -0.853. The van der Waals surface area contributed by atoms with E-state index < -0.39 is 11.1 Å². The molecule has 0 aliphatic carbocycles. The number of carbonyl (C=O) groups excluding carboxylic acids is 2. The number of rotatable bonds is 4. The van der Waals surface area contributed by atoms with E-state index in [4.69, 9.17) is 0 Å². The highest BCUT2D eigenvalue weighted by Crippen LogP contribution is 2.31. The molecule has 1 aromatic heterocycles. The second kappa shape index (κ2) is 5.47. The fourth-order valence-electron chi connectivity index (χ4n) is 2.73. The van der Waals surface area contributed by atoms with Crippen molar-refractivity contribution < 1.29 is 9.59 Å². The van der Waals surface area contributed by atoms with E-state index in [1.165, 1.54) is 0 Å². The topological polar surface area (TPSA) is 62.3 Å². The van der Waals surface area contributed by atoms with Crippen LogP contribution in [0.3, 0.4) is 0 Å². The summed E-state index contributed by atoms with van der Waals surface area (Å²) >= 11 is 0. The van der Waals surface area contributed by atoms with Crippen molar-refractivity contribution in [3.63, 3.8) is 0 Å². The van der Waals surface area contributed by atoms with Crippen LogP contribution in [0.1, 0.15) is 46.1 Å². The van der Waals surface area contributed by atoms with Gasteiger partial charge >= 0.3 is 0 Å². The number of piperazine rings is 1. The Bertz CT molecular complexity index is 536. The maximum Gasteiger partial charge on any atom is 0.249 e. The first kappa shape index (κ1) is 15.5. The Morgan fingerprint density at radius 2 is 1.71 bits per heavy atom. The van der Waals surface area contributed by atoms with Crippen LogP contribution in [0.4, 0.5) is 0 Å². The van der Waals surface area contributed by atoms with Crippen LogP contribution < -0.4 is 5.32 Å². The predicted octanol–water partition coefficient (Wildman–Crippen LogP) is 1.88. The van der Waals surface area contributed by atoms with Gasteiger partial charge in [0.05, 0.1) is 0 Å². The Kier molecular flexibility index (Phi) is 4.03. The minimum absolute atomic E-state index is 0.00564. The molecule has 2 heterocycles. The Hall–Kier alpha value is -1.91. The van der Waals surface area contributed by atoms with Gasteiger partial charge in [-0.05, 0) is 44.4 Å². The molecule has 21 heavy (non-hydrogen) atoms. The van der Waals surface area contributed by atoms with Crippen molar-refractivity contribution >= 4 is 11.8 Å². The average Bonchev–Trinajstić information content (AvgIpc) is 2.49. The van der Waals surface area contributed by atoms with E-state index >= 15 is 0 Å². The Balaban J connectivity index is 2.39. The van der Waals surface area contributed by atoms with Crippen LogP contribution in [0, 0.1) is 0 Å². The van der Waals surface area contributed by atoms with Crippen LogP contribution in [0.15, 0.2) is 24.5 Å². The lowest BCUT2D eigenvalue weighted by Crippen LogP contribution is -2.73. The van der Waals surface area contributed by atoms with Gasteiger partial charge in [0.2, 0.25) is 11.8 Å². The number of nitrogens with one attached hydrogen (secondary N) is 1. The molecular weight excluding hydrogens is 266 g/mol. The zero-order valence-electron chi connectivity index (χ0n) is 13.1. The predicted molar refractivity (Wildman–Crippen MR) is 80.3 cm³/mol. The normalized spacial score (nSPS) is 20.3. The molecule has 0 atom stereocenters. The third kappa shape index (κ3) is 2.52. The second-order valence-corrected chi connectivity index (χ2v) is 6.05. The van der Waals surface area contributed by atoms with E-state index in [0.29, 0.717) is 19.4 Å². The number of hydrogen-bond donors (Lipinski definition) is 1. The van der Waals surface area contributed by atoms with Gasteiger partial charge in [-0.15, -0.1) is 0 Å². The summed E-state index contributed by atoms with van der Waals surface area (Å²) in [5, 5.41) is 2.94. The highest BCUT2D eigenvalue weighted by atomic mass is 16.2. The fraction of sp³-hybridized carbons (Fsp3) is 0.562. The molecular formula is C16H23N3O2. The molecule has 0 aromatic carbocycles. The van der Waals surface area contributed by atoms with Crippen LogP contribution >= 0.6 is 0 Å². The Morgan fingerprint density at radius 3 is 2.24 bits per heavy atom. The number of amides is 2. The number of pyridine rings is 1. The largest absolute Gasteiger partial charge is 0.340 e. The number of aromatic nitrogens is 1. The summed E-state index contributed by atoms with van der Waals surface area (Å²) in [7, 11) is 0. The molecule has 0 spiro atoms. The summed E-state index contributed by atoms with van der Waals surface area (Å²) in [6.07, 6.45) is 4.58. The smallest absolute Gasteiger partial charge is 0.249 e.